The van der Waals surface area contributed by atoms with E-state index in [-0.39, 0.29) is 12.1 Å². The molecule has 16 heavy (non-hydrogen) atoms. The van der Waals surface area contributed by atoms with Crippen molar-refractivity contribution in [2.75, 3.05) is 0 Å². The number of aryl methyl sites for hydroxylation is 1. The van der Waals surface area contributed by atoms with Crippen molar-refractivity contribution in [1.82, 2.24) is 9.78 Å². The molecular formula is C12H21N3O. The Morgan fingerprint density at radius 1 is 1.50 bits per heavy atom. The van der Waals surface area contributed by atoms with Gasteiger partial charge in [-0.15, -0.1) is 0 Å². The van der Waals surface area contributed by atoms with Crippen molar-refractivity contribution in [3.63, 3.8) is 0 Å². The molecule has 4 heteroatoms. The van der Waals surface area contributed by atoms with Crippen LogP contribution in [0.15, 0.2) is 10.9 Å². The quantitative estimate of drug-likeness (QED) is 0.825. The maximum absolute atomic E-state index is 11.9. The number of rotatable bonds is 5. The van der Waals surface area contributed by atoms with Gasteiger partial charge in [0.1, 0.15) is 0 Å². The van der Waals surface area contributed by atoms with Gasteiger partial charge in [0.05, 0.1) is 5.69 Å². The lowest BCUT2D eigenvalue weighted by atomic mass is 10.1. The van der Waals surface area contributed by atoms with E-state index in [0.29, 0.717) is 18.0 Å². The Labute approximate surface area is 96.5 Å². The molecule has 0 saturated heterocycles. The minimum absolute atomic E-state index is 0.0413. The van der Waals surface area contributed by atoms with Crippen molar-refractivity contribution in [2.24, 2.45) is 5.73 Å². The molecule has 1 aromatic heterocycles. The third-order valence-corrected chi connectivity index (χ3v) is 2.60. The highest BCUT2D eigenvalue weighted by Gasteiger charge is 2.09. The summed E-state index contributed by atoms with van der Waals surface area (Å²) in [4.78, 5) is 11.9. The Morgan fingerprint density at radius 3 is 2.69 bits per heavy atom. The minimum atomic E-state index is -0.0413. The Balaban J connectivity index is 3.14. The average molecular weight is 223 g/mol. The summed E-state index contributed by atoms with van der Waals surface area (Å²) in [5, 5.41) is 4.37. The van der Waals surface area contributed by atoms with E-state index in [1.165, 1.54) is 0 Å². The van der Waals surface area contributed by atoms with E-state index in [0.717, 1.165) is 18.5 Å². The zero-order chi connectivity index (χ0) is 12.1. The molecule has 0 atom stereocenters. The normalized spacial score (nSPS) is 11.1. The van der Waals surface area contributed by atoms with Crippen LogP contribution in [0.5, 0.6) is 0 Å². The molecule has 0 bridgehead atoms. The number of hydrogen-bond acceptors (Lipinski definition) is 3. The van der Waals surface area contributed by atoms with Crippen molar-refractivity contribution in [1.29, 1.82) is 0 Å². The van der Waals surface area contributed by atoms with Gasteiger partial charge in [0, 0.05) is 18.7 Å². The summed E-state index contributed by atoms with van der Waals surface area (Å²) < 4.78 is 1.56. The molecule has 0 aliphatic heterocycles. The molecular weight excluding hydrogens is 202 g/mol. The van der Waals surface area contributed by atoms with E-state index < -0.39 is 0 Å². The van der Waals surface area contributed by atoms with Gasteiger partial charge >= 0.3 is 0 Å². The van der Waals surface area contributed by atoms with Crippen molar-refractivity contribution in [3.8, 4) is 0 Å². The standard InChI is InChI=1S/C12H21N3O/c1-4-5-6-15-12(16)10(8-13)7-11(14-15)9(2)3/h7,9H,4-6,8,13H2,1-3H3. The lowest BCUT2D eigenvalue weighted by molar-refractivity contribution is 0.521. The van der Waals surface area contributed by atoms with E-state index in [9.17, 15) is 4.79 Å². The van der Waals surface area contributed by atoms with Gasteiger partial charge in [-0.1, -0.05) is 27.2 Å². The second-order valence-corrected chi connectivity index (χ2v) is 4.34. The van der Waals surface area contributed by atoms with Crippen LogP contribution in [-0.4, -0.2) is 9.78 Å². The van der Waals surface area contributed by atoms with Gasteiger partial charge in [0.2, 0.25) is 0 Å². The van der Waals surface area contributed by atoms with E-state index >= 15 is 0 Å². The molecule has 0 radical (unpaired) electrons. The fourth-order valence-electron chi connectivity index (χ4n) is 1.51. The van der Waals surface area contributed by atoms with Crippen molar-refractivity contribution in [2.45, 2.75) is 52.6 Å². The van der Waals surface area contributed by atoms with Crippen LogP contribution in [-0.2, 0) is 13.1 Å². The van der Waals surface area contributed by atoms with Crippen LogP contribution < -0.4 is 11.3 Å². The maximum Gasteiger partial charge on any atom is 0.271 e. The van der Waals surface area contributed by atoms with E-state index in [2.05, 4.69) is 25.9 Å². The average Bonchev–Trinajstić information content (AvgIpc) is 2.27. The van der Waals surface area contributed by atoms with Gasteiger partial charge in [-0.25, -0.2) is 4.68 Å². The summed E-state index contributed by atoms with van der Waals surface area (Å²) in [6.07, 6.45) is 2.02. The smallest absolute Gasteiger partial charge is 0.271 e. The topological polar surface area (TPSA) is 60.9 Å². The van der Waals surface area contributed by atoms with Crippen LogP contribution in [0.4, 0.5) is 0 Å². The fraction of sp³-hybridized carbons (Fsp3) is 0.667. The predicted octanol–water partition coefficient (Wildman–Crippen LogP) is 1.63. The first-order valence-electron chi connectivity index (χ1n) is 5.91. The molecule has 0 aliphatic rings. The SMILES string of the molecule is CCCCn1nc(C(C)C)cc(CN)c1=O. The summed E-state index contributed by atoms with van der Waals surface area (Å²) >= 11 is 0. The van der Waals surface area contributed by atoms with Crippen LogP contribution in [0.3, 0.4) is 0 Å². The van der Waals surface area contributed by atoms with Gasteiger partial charge in [-0.05, 0) is 18.4 Å². The van der Waals surface area contributed by atoms with E-state index in [1.54, 1.807) is 4.68 Å². The highest BCUT2D eigenvalue weighted by Crippen LogP contribution is 2.10. The zero-order valence-electron chi connectivity index (χ0n) is 10.4. The molecule has 4 nitrogen and oxygen atoms in total. The molecule has 0 amide bonds. The van der Waals surface area contributed by atoms with Gasteiger partial charge in [0.15, 0.2) is 0 Å². The van der Waals surface area contributed by atoms with Crippen molar-refractivity contribution < 1.29 is 0 Å². The van der Waals surface area contributed by atoms with Crippen LogP contribution >= 0.6 is 0 Å². The molecule has 1 aromatic rings. The number of nitrogens with zero attached hydrogens (tertiary/aromatic N) is 2. The van der Waals surface area contributed by atoms with E-state index in [1.807, 2.05) is 6.07 Å². The van der Waals surface area contributed by atoms with Crippen molar-refractivity contribution >= 4 is 0 Å². The molecule has 0 spiro atoms. The molecule has 1 heterocycles. The fourth-order valence-corrected chi connectivity index (χ4v) is 1.51. The molecule has 0 aliphatic carbocycles. The molecule has 2 N–H and O–H groups in total. The molecule has 0 fully saturated rings. The van der Waals surface area contributed by atoms with Gasteiger partial charge in [0.25, 0.3) is 5.56 Å². The highest BCUT2D eigenvalue weighted by atomic mass is 16.1. The minimum Gasteiger partial charge on any atom is -0.326 e. The predicted molar refractivity (Wildman–Crippen MR) is 65.4 cm³/mol. The van der Waals surface area contributed by atoms with Gasteiger partial charge < -0.3 is 5.73 Å². The maximum atomic E-state index is 11.9. The highest BCUT2D eigenvalue weighted by molar-refractivity contribution is 5.15. The molecule has 0 saturated carbocycles. The first-order valence-corrected chi connectivity index (χ1v) is 5.91. The summed E-state index contributed by atoms with van der Waals surface area (Å²) in [6, 6.07) is 1.83. The monoisotopic (exact) mass is 223 g/mol. The summed E-state index contributed by atoms with van der Waals surface area (Å²) in [6.45, 7) is 7.20. The first-order chi connectivity index (χ1) is 7.60. The second-order valence-electron chi connectivity index (χ2n) is 4.34. The van der Waals surface area contributed by atoms with Crippen LogP contribution in [0, 0.1) is 0 Å². The molecule has 0 unspecified atom stereocenters. The Kier molecular flexibility index (Phi) is 4.68. The summed E-state index contributed by atoms with van der Waals surface area (Å²) in [5.41, 5.74) is 7.14. The van der Waals surface area contributed by atoms with E-state index in [4.69, 9.17) is 5.73 Å². The number of aromatic nitrogens is 2. The second kappa shape index (κ2) is 5.80. The van der Waals surface area contributed by atoms with Crippen LogP contribution in [0.1, 0.15) is 50.8 Å². The van der Waals surface area contributed by atoms with Crippen LogP contribution in [0.2, 0.25) is 0 Å². The largest absolute Gasteiger partial charge is 0.326 e. The molecule has 1 rings (SSSR count). The zero-order valence-corrected chi connectivity index (χ0v) is 10.4. The van der Waals surface area contributed by atoms with Gasteiger partial charge in [-0.3, -0.25) is 4.79 Å². The number of nitrogens with two attached hydrogens (primary N) is 1. The van der Waals surface area contributed by atoms with Gasteiger partial charge in [-0.2, -0.15) is 5.10 Å². The number of hydrogen-bond donors (Lipinski definition) is 1. The lowest BCUT2D eigenvalue weighted by Gasteiger charge is -2.11. The third kappa shape index (κ3) is 2.92. The third-order valence-electron chi connectivity index (χ3n) is 2.60. The number of unbranched alkanes of at least 4 members (excludes halogenated alkanes) is 1. The Hall–Kier alpha value is -1.16. The Bertz CT molecular complexity index is 396. The van der Waals surface area contributed by atoms with Crippen molar-refractivity contribution in [3.05, 3.63) is 27.7 Å². The molecule has 90 valence electrons. The van der Waals surface area contributed by atoms with Crippen LogP contribution in [0.25, 0.3) is 0 Å². The Morgan fingerprint density at radius 2 is 2.19 bits per heavy atom. The summed E-state index contributed by atoms with van der Waals surface area (Å²) in [7, 11) is 0. The molecule has 0 aromatic carbocycles. The first kappa shape index (κ1) is 12.9. The summed E-state index contributed by atoms with van der Waals surface area (Å²) in [5.74, 6) is 0.318. The lowest BCUT2D eigenvalue weighted by Crippen LogP contribution is -2.29.